The largest absolute Gasteiger partial charge is 0.378 e. The van der Waals surface area contributed by atoms with Crippen molar-refractivity contribution < 1.29 is 4.74 Å². The second-order valence-corrected chi connectivity index (χ2v) is 6.31. The summed E-state index contributed by atoms with van der Waals surface area (Å²) in [6.45, 7) is 8.00. The van der Waals surface area contributed by atoms with Gasteiger partial charge in [-0.25, -0.2) is 4.98 Å². The molecular formula is C16H20N2OS. The number of morpholine rings is 1. The Labute approximate surface area is 124 Å². The summed E-state index contributed by atoms with van der Waals surface area (Å²) in [4.78, 5) is 7.31. The van der Waals surface area contributed by atoms with Gasteiger partial charge in [-0.2, -0.15) is 0 Å². The summed E-state index contributed by atoms with van der Waals surface area (Å²) in [5.41, 5.74) is 2.43. The topological polar surface area (TPSA) is 25.4 Å². The van der Waals surface area contributed by atoms with Crippen LogP contribution in [-0.4, -0.2) is 31.3 Å². The van der Waals surface area contributed by atoms with Gasteiger partial charge in [0.25, 0.3) is 0 Å². The number of anilines is 1. The molecule has 0 radical (unpaired) electrons. The summed E-state index contributed by atoms with van der Waals surface area (Å²) >= 11 is 1.81. The first-order chi connectivity index (χ1) is 9.75. The Morgan fingerprint density at radius 2 is 1.85 bits per heavy atom. The summed E-state index contributed by atoms with van der Waals surface area (Å²) in [7, 11) is 0. The quantitative estimate of drug-likeness (QED) is 0.859. The molecule has 3 nitrogen and oxygen atoms in total. The molecule has 1 aromatic heterocycles. The number of ether oxygens (including phenoxy) is 1. The van der Waals surface area contributed by atoms with Crippen LogP contribution < -0.4 is 4.90 Å². The van der Waals surface area contributed by atoms with Crippen LogP contribution in [0, 0.1) is 0 Å². The zero-order valence-corrected chi connectivity index (χ0v) is 12.8. The lowest BCUT2D eigenvalue weighted by Crippen LogP contribution is -2.36. The number of aromatic nitrogens is 1. The van der Waals surface area contributed by atoms with Crippen LogP contribution in [0.1, 0.15) is 25.5 Å². The summed E-state index contributed by atoms with van der Waals surface area (Å²) < 4.78 is 5.46. The number of rotatable bonds is 3. The van der Waals surface area contributed by atoms with Crippen molar-refractivity contribution in [1.82, 2.24) is 4.98 Å². The van der Waals surface area contributed by atoms with Crippen molar-refractivity contribution in [2.45, 2.75) is 19.8 Å². The van der Waals surface area contributed by atoms with E-state index in [1.807, 2.05) is 6.07 Å². The van der Waals surface area contributed by atoms with Gasteiger partial charge < -0.3 is 9.64 Å². The lowest BCUT2D eigenvalue weighted by molar-refractivity contribution is 0.123. The maximum atomic E-state index is 5.46. The maximum Gasteiger partial charge on any atom is 0.125 e. The van der Waals surface area contributed by atoms with Crippen LogP contribution in [0.25, 0.3) is 10.6 Å². The highest BCUT2D eigenvalue weighted by atomic mass is 32.1. The van der Waals surface area contributed by atoms with E-state index in [1.165, 1.54) is 16.3 Å². The van der Waals surface area contributed by atoms with Gasteiger partial charge in [-0.3, -0.25) is 0 Å². The predicted octanol–water partition coefficient (Wildman–Crippen LogP) is 3.77. The lowest BCUT2D eigenvalue weighted by atomic mass is 10.1. The van der Waals surface area contributed by atoms with Crippen molar-refractivity contribution in [3.63, 3.8) is 0 Å². The fourth-order valence-electron chi connectivity index (χ4n) is 2.40. The molecule has 3 rings (SSSR count). The molecule has 0 bridgehead atoms. The van der Waals surface area contributed by atoms with Gasteiger partial charge in [-0.05, 0) is 5.92 Å². The number of nitrogens with zero attached hydrogens (tertiary/aromatic N) is 2. The van der Waals surface area contributed by atoms with Crippen LogP contribution in [0.3, 0.4) is 0 Å². The third-order valence-electron chi connectivity index (χ3n) is 3.50. The highest BCUT2D eigenvalue weighted by Crippen LogP contribution is 2.38. The molecule has 2 heterocycles. The average molecular weight is 288 g/mol. The van der Waals surface area contributed by atoms with Crippen LogP contribution in [0.5, 0.6) is 0 Å². The van der Waals surface area contributed by atoms with Crippen molar-refractivity contribution in [3.05, 3.63) is 36.0 Å². The van der Waals surface area contributed by atoms with Crippen LogP contribution in [0.2, 0.25) is 0 Å². The zero-order valence-electron chi connectivity index (χ0n) is 12.0. The molecule has 0 N–H and O–H groups in total. The molecule has 0 saturated carbocycles. The molecule has 2 aromatic rings. The molecule has 4 heteroatoms. The second-order valence-electron chi connectivity index (χ2n) is 5.33. The standard InChI is InChI=1S/C16H20N2OS/c1-12(2)14-16(18-8-10-19-11-9-18)20-15(17-14)13-6-4-3-5-7-13/h3-7,12H,8-11H2,1-2H3. The Bertz CT molecular complexity index is 559. The van der Waals surface area contributed by atoms with Crippen molar-refractivity contribution in [2.75, 3.05) is 31.2 Å². The van der Waals surface area contributed by atoms with Gasteiger partial charge in [0.05, 0.1) is 18.9 Å². The molecule has 20 heavy (non-hydrogen) atoms. The first kappa shape index (κ1) is 13.6. The first-order valence-corrected chi connectivity index (χ1v) is 7.96. The minimum atomic E-state index is 0.446. The number of hydrogen-bond acceptors (Lipinski definition) is 4. The van der Waals surface area contributed by atoms with Gasteiger partial charge in [0.2, 0.25) is 0 Å². The lowest BCUT2D eigenvalue weighted by Gasteiger charge is -2.28. The molecular weight excluding hydrogens is 268 g/mol. The maximum absolute atomic E-state index is 5.46. The Balaban J connectivity index is 1.98. The van der Waals surface area contributed by atoms with E-state index >= 15 is 0 Å². The Morgan fingerprint density at radius 3 is 2.50 bits per heavy atom. The molecule has 0 aliphatic carbocycles. The van der Waals surface area contributed by atoms with Gasteiger partial charge in [0, 0.05) is 18.7 Å². The minimum absolute atomic E-state index is 0.446. The monoisotopic (exact) mass is 288 g/mol. The predicted molar refractivity (Wildman–Crippen MR) is 84.7 cm³/mol. The normalized spacial score (nSPS) is 15.8. The van der Waals surface area contributed by atoms with Gasteiger partial charge >= 0.3 is 0 Å². The molecule has 0 amide bonds. The first-order valence-electron chi connectivity index (χ1n) is 7.14. The van der Waals surface area contributed by atoms with E-state index in [0.717, 1.165) is 31.3 Å². The number of benzene rings is 1. The van der Waals surface area contributed by atoms with Crippen LogP contribution in [0.15, 0.2) is 30.3 Å². The Morgan fingerprint density at radius 1 is 1.15 bits per heavy atom. The average Bonchev–Trinajstić information content (AvgIpc) is 2.94. The zero-order chi connectivity index (χ0) is 13.9. The van der Waals surface area contributed by atoms with Crippen molar-refractivity contribution in [1.29, 1.82) is 0 Å². The van der Waals surface area contributed by atoms with Crippen molar-refractivity contribution >= 4 is 16.3 Å². The molecule has 0 spiro atoms. The molecule has 0 unspecified atom stereocenters. The van der Waals surface area contributed by atoms with Crippen LogP contribution >= 0.6 is 11.3 Å². The number of thiazole rings is 1. The van der Waals surface area contributed by atoms with E-state index < -0.39 is 0 Å². The van der Waals surface area contributed by atoms with Gasteiger partial charge in [0.1, 0.15) is 10.0 Å². The molecule has 106 valence electrons. The SMILES string of the molecule is CC(C)c1nc(-c2ccccc2)sc1N1CCOCC1. The molecule has 1 saturated heterocycles. The smallest absolute Gasteiger partial charge is 0.125 e. The van der Waals surface area contributed by atoms with E-state index in [9.17, 15) is 0 Å². The fourth-order valence-corrected chi connectivity index (χ4v) is 3.68. The van der Waals surface area contributed by atoms with Gasteiger partial charge in [-0.15, -0.1) is 0 Å². The van der Waals surface area contributed by atoms with E-state index in [2.05, 4.69) is 43.0 Å². The summed E-state index contributed by atoms with van der Waals surface area (Å²) in [5.74, 6) is 0.446. The molecule has 1 aliphatic heterocycles. The van der Waals surface area contributed by atoms with E-state index in [-0.39, 0.29) is 0 Å². The highest BCUT2D eigenvalue weighted by molar-refractivity contribution is 7.19. The Hall–Kier alpha value is -1.39. The third kappa shape index (κ3) is 2.72. The fraction of sp³-hybridized carbons (Fsp3) is 0.438. The third-order valence-corrected chi connectivity index (χ3v) is 4.68. The summed E-state index contributed by atoms with van der Waals surface area (Å²) in [5, 5.41) is 2.44. The van der Waals surface area contributed by atoms with Crippen molar-refractivity contribution in [2.24, 2.45) is 0 Å². The van der Waals surface area contributed by atoms with E-state index in [1.54, 1.807) is 11.3 Å². The van der Waals surface area contributed by atoms with E-state index in [0.29, 0.717) is 5.92 Å². The van der Waals surface area contributed by atoms with Crippen LogP contribution in [0.4, 0.5) is 5.00 Å². The minimum Gasteiger partial charge on any atom is -0.378 e. The summed E-state index contributed by atoms with van der Waals surface area (Å²) in [6.07, 6.45) is 0. The van der Waals surface area contributed by atoms with E-state index in [4.69, 9.17) is 9.72 Å². The van der Waals surface area contributed by atoms with Gasteiger partial charge in [-0.1, -0.05) is 55.5 Å². The van der Waals surface area contributed by atoms with Crippen LogP contribution in [-0.2, 0) is 4.74 Å². The highest BCUT2D eigenvalue weighted by Gasteiger charge is 2.21. The van der Waals surface area contributed by atoms with Crippen molar-refractivity contribution in [3.8, 4) is 10.6 Å². The number of hydrogen-bond donors (Lipinski definition) is 0. The molecule has 1 fully saturated rings. The second kappa shape index (κ2) is 5.94. The summed E-state index contributed by atoms with van der Waals surface area (Å²) in [6, 6.07) is 10.4. The molecule has 0 atom stereocenters. The Kier molecular flexibility index (Phi) is 4.03. The van der Waals surface area contributed by atoms with Gasteiger partial charge in [0.15, 0.2) is 0 Å². The molecule has 1 aromatic carbocycles. The molecule has 1 aliphatic rings.